The van der Waals surface area contributed by atoms with Crippen LogP contribution in [-0.2, 0) is 0 Å². The van der Waals surface area contributed by atoms with E-state index in [1.54, 1.807) is 0 Å². The van der Waals surface area contributed by atoms with Crippen LogP contribution in [0.2, 0.25) is 6.32 Å². The Morgan fingerprint density at radius 2 is 2.80 bits per heavy atom. The molecule has 0 aromatic heterocycles. The van der Waals surface area contributed by atoms with E-state index in [0.29, 0.717) is 0 Å². The summed E-state index contributed by atoms with van der Waals surface area (Å²) < 4.78 is 0. The Morgan fingerprint density at radius 3 is 3.00 bits per heavy atom. The van der Waals surface area contributed by atoms with Gasteiger partial charge in [0.2, 0.25) is 7.41 Å². The molecular weight excluding hydrogens is 60.9 g/mol. The van der Waals surface area contributed by atoms with E-state index in [4.69, 9.17) is 0 Å². The van der Waals surface area contributed by atoms with Gasteiger partial charge in [-0.15, -0.1) is 0 Å². The highest BCUT2D eigenvalue weighted by atomic mass is 14.8. The van der Waals surface area contributed by atoms with Gasteiger partial charge in [-0.05, 0) is 13.0 Å². The number of rotatable bonds is 0. The Bertz CT molecular complexity index is 22.4. The predicted molar refractivity (Wildman–Crippen MR) is 24.3 cm³/mol. The lowest BCUT2D eigenvalue weighted by Gasteiger charge is -1.75. The van der Waals surface area contributed by atoms with Crippen molar-refractivity contribution in [1.29, 1.82) is 0 Å². The molecule has 0 saturated carbocycles. The van der Waals surface area contributed by atoms with Crippen molar-refractivity contribution < 1.29 is 1.43 Å². The molecule has 1 fully saturated rings. The van der Waals surface area contributed by atoms with E-state index in [2.05, 4.69) is 12.6 Å². The van der Waals surface area contributed by atoms with Gasteiger partial charge in [-0.3, -0.25) is 0 Å². The quantitative estimate of drug-likeness (QED) is 0.398. The molecule has 0 aliphatic carbocycles. The molecule has 1 heterocycles. The maximum absolute atomic E-state index is 3.10. The highest BCUT2D eigenvalue weighted by Gasteiger charge is 1.96. The number of hydrogen-bond donors (Lipinski definition) is 1. The van der Waals surface area contributed by atoms with Crippen molar-refractivity contribution >= 4 is 7.41 Å². The molecule has 1 aliphatic rings. The first kappa shape index (κ1) is 3.22. The van der Waals surface area contributed by atoms with E-state index < -0.39 is 0 Å². The lowest BCUT2D eigenvalue weighted by Crippen LogP contribution is -2.07. The van der Waals surface area contributed by atoms with Crippen LogP contribution < -0.4 is 5.23 Å². The molecule has 5 heavy (non-hydrogen) atoms. The molecule has 0 amide bonds. The Hall–Kier alpha value is 0.0249. The molecule has 1 saturated heterocycles. The summed E-state index contributed by atoms with van der Waals surface area (Å²) in [5, 5.41) is 3.10. The fourth-order valence-corrected chi connectivity index (χ4v) is 0.510. The highest BCUT2D eigenvalue weighted by Crippen LogP contribution is 1.89. The van der Waals surface area contributed by atoms with E-state index in [0.717, 1.165) is 0 Å². The maximum atomic E-state index is 3.10. The minimum atomic E-state index is 0. The summed E-state index contributed by atoms with van der Waals surface area (Å²) in [6.07, 6.45) is 2.60. The van der Waals surface area contributed by atoms with Crippen LogP contribution in [0.3, 0.4) is 0 Å². The van der Waals surface area contributed by atoms with Gasteiger partial charge in [0.05, 0.1) is 0 Å². The van der Waals surface area contributed by atoms with Crippen molar-refractivity contribution in [2.24, 2.45) is 0 Å². The Balaban J connectivity index is 0.000000250. The van der Waals surface area contributed by atoms with Gasteiger partial charge in [-0.2, -0.15) is 0 Å². The minimum absolute atomic E-state index is 0. The fraction of sp³-hybridized carbons (Fsp3) is 1.00. The smallest absolute Gasteiger partial charge is 0.360 e. The first-order chi connectivity index (χ1) is 2.50. The predicted octanol–water partition coefficient (Wildman–Crippen LogP) is 0.130. The largest absolute Gasteiger partial charge is 1.00 e. The van der Waals surface area contributed by atoms with E-state index in [1.807, 2.05) is 0 Å². The van der Waals surface area contributed by atoms with Crippen LogP contribution in [0.4, 0.5) is 0 Å². The van der Waals surface area contributed by atoms with Crippen molar-refractivity contribution in [2.45, 2.75) is 12.7 Å². The van der Waals surface area contributed by atoms with Crippen LogP contribution in [0, 0.1) is 0 Å². The second-order valence-corrected chi connectivity index (χ2v) is 1.30. The van der Waals surface area contributed by atoms with E-state index in [-0.39, 0.29) is 1.43 Å². The van der Waals surface area contributed by atoms with Gasteiger partial charge >= 0.3 is 1.43 Å². The molecular formula is C3H8BN+. The Labute approximate surface area is 34.5 Å². The Kier molecular flexibility index (Phi) is 0.940. The summed E-state index contributed by atoms with van der Waals surface area (Å²) in [4.78, 5) is 0. The molecule has 1 nitrogen and oxygen atoms in total. The lowest BCUT2D eigenvalue weighted by atomic mass is 9.94. The van der Waals surface area contributed by atoms with Crippen LogP contribution in [0.5, 0.6) is 0 Å². The molecule has 0 aromatic carbocycles. The second kappa shape index (κ2) is 1.46. The van der Waals surface area contributed by atoms with E-state index in [1.165, 1.54) is 19.3 Å². The first-order valence-electron chi connectivity index (χ1n) is 2.05. The topological polar surface area (TPSA) is 12.0 Å². The summed E-state index contributed by atoms with van der Waals surface area (Å²) in [6.45, 7) is 1.19. The molecule has 1 N–H and O–H groups in total. The van der Waals surface area contributed by atoms with Crippen molar-refractivity contribution in [3.8, 4) is 0 Å². The van der Waals surface area contributed by atoms with Crippen LogP contribution in [0.25, 0.3) is 0 Å². The molecule has 1 aliphatic heterocycles. The van der Waals surface area contributed by atoms with Crippen molar-refractivity contribution in [3.63, 3.8) is 0 Å². The molecule has 0 atom stereocenters. The van der Waals surface area contributed by atoms with Crippen LogP contribution in [-0.4, -0.2) is 14.0 Å². The Morgan fingerprint density at radius 1 is 1.80 bits per heavy atom. The average molecular weight is 68.9 g/mol. The van der Waals surface area contributed by atoms with Crippen molar-refractivity contribution in [2.75, 3.05) is 6.54 Å². The van der Waals surface area contributed by atoms with Crippen molar-refractivity contribution in [3.05, 3.63) is 0 Å². The van der Waals surface area contributed by atoms with Gasteiger partial charge < -0.3 is 5.23 Å². The van der Waals surface area contributed by atoms with Gasteiger partial charge in [0.1, 0.15) is 0 Å². The number of hydrogen-bond acceptors (Lipinski definition) is 1. The minimum Gasteiger partial charge on any atom is -0.360 e. The zero-order valence-electron chi connectivity index (χ0n) is 4.20. The van der Waals surface area contributed by atoms with Gasteiger partial charge in [0, 0.05) is 0 Å². The molecule has 0 unspecified atom stereocenters. The highest BCUT2D eigenvalue weighted by molar-refractivity contribution is 6.33. The van der Waals surface area contributed by atoms with Crippen LogP contribution in [0.15, 0.2) is 0 Å². The third-order valence-electron chi connectivity index (χ3n) is 0.814. The summed E-state index contributed by atoms with van der Waals surface area (Å²) in [7, 11) is 2.11. The standard InChI is InChI=1S/C3H7BN/c1-2-4-5-3-1/h5H,1-3H2/p+1. The van der Waals surface area contributed by atoms with E-state index >= 15 is 0 Å². The molecule has 0 bridgehead atoms. The van der Waals surface area contributed by atoms with Crippen LogP contribution in [0.1, 0.15) is 7.85 Å². The van der Waals surface area contributed by atoms with Gasteiger partial charge in [-0.1, -0.05) is 6.32 Å². The average Bonchev–Trinajstić information content (AvgIpc) is 1.76. The second-order valence-electron chi connectivity index (χ2n) is 1.30. The SMILES string of the molecule is [B]1CCCN1.[H+]. The fourth-order valence-electron chi connectivity index (χ4n) is 0.510. The zero-order valence-corrected chi connectivity index (χ0v) is 3.20. The third-order valence-corrected chi connectivity index (χ3v) is 0.814. The molecule has 2 heteroatoms. The van der Waals surface area contributed by atoms with Crippen LogP contribution >= 0.6 is 0 Å². The van der Waals surface area contributed by atoms with Gasteiger partial charge in [0.15, 0.2) is 0 Å². The normalized spacial score (nSPS) is 22.4. The molecule has 27 valence electrons. The summed E-state index contributed by atoms with van der Waals surface area (Å²) in [6, 6.07) is 0. The summed E-state index contributed by atoms with van der Waals surface area (Å²) >= 11 is 0. The van der Waals surface area contributed by atoms with E-state index in [9.17, 15) is 0 Å². The summed E-state index contributed by atoms with van der Waals surface area (Å²) in [5.41, 5.74) is 0. The maximum Gasteiger partial charge on any atom is 1.00 e. The molecule has 0 spiro atoms. The zero-order chi connectivity index (χ0) is 3.54. The molecule has 0 aromatic rings. The van der Waals surface area contributed by atoms with Gasteiger partial charge in [0.25, 0.3) is 0 Å². The lowest BCUT2D eigenvalue weighted by molar-refractivity contribution is 0.933. The van der Waals surface area contributed by atoms with Gasteiger partial charge in [-0.25, -0.2) is 0 Å². The third kappa shape index (κ3) is 0.654. The van der Waals surface area contributed by atoms with Crippen molar-refractivity contribution in [1.82, 2.24) is 5.23 Å². The number of nitrogens with one attached hydrogen (secondary N) is 1. The molecule has 1 rings (SSSR count). The monoisotopic (exact) mass is 69.1 g/mol. The summed E-state index contributed by atoms with van der Waals surface area (Å²) in [5.74, 6) is 0. The first-order valence-corrected chi connectivity index (χ1v) is 2.05. The molecule has 1 radical (unpaired) electrons.